The van der Waals surface area contributed by atoms with E-state index in [9.17, 15) is 0 Å². The topological polar surface area (TPSA) is 3.24 Å². The van der Waals surface area contributed by atoms with Crippen LogP contribution in [0.4, 0.5) is 0 Å². The van der Waals surface area contributed by atoms with Crippen LogP contribution in [-0.4, -0.2) is 24.0 Å². The Morgan fingerprint density at radius 1 is 1.25 bits per heavy atom. The number of rotatable bonds is 3. The number of hydrogen-bond donors (Lipinski definition) is 0. The highest BCUT2D eigenvalue weighted by atomic mass is 15.2. The molecule has 1 aliphatic rings. The SMILES string of the molecule is CCN(CC(C)(C)C)C1CCC1. The van der Waals surface area contributed by atoms with E-state index in [1.54, 1.807) is 0 Å². The maximum atomic E-state index is 2.64. The highest BCUT2D eigenvalue weighted by Crippen LogP contribution is 2.27. The number of hydrogen-bond acceptors (Lipinski definition) is 1. The molecule has 0 spiro atoms. The van der Waals surface area contributed by atoms with Crippen LogP contribution in [0, 0.1) is 5.41 Å². The summed E-state index contributed by atoms with van der Waals surface area (Å²) in [5.41, 5.74) is 0.464. The molecule has 1 rings (SSSR count). The molecule has 72 valence electrons. The summed E-state index contributed by atoms with van der Waals surface area (Å²) in [5.74, 6) is 0. The minimum atomic E-state index is 0.464. The first-order valence-electron chi connectivity index (χ1n) is 5.27. The third-order valence-corrected chi connectivity index (χ3v) is 2.67. The maximum absolute atomic E-state index is 2.64. The summed E-state index contributed by atoms with van der Waals surface area (Å²) < 4.78 is 0. The van der Waals surface area contributed by atoms with Crippen LogP contribution in [0.15, 0.2) is 0 Å². The summed E-state index contributed by atoms with van der Waals surface area (Å²) in [4.78, 5) is 2.64. The van der Waals surface area contributed by atoms with Gasteiger partial charge in [-0.1, -0.05) is 34.1 Å². The van der Waals surface area contributed by atoms with E-state index in [1.165, 1.54) is 32.4 Å². The summed E-state index contributed by atoms with van der Waals surface area (Å²) in [7, 11) is 0. The van der Waals surface area contributed by atoms with Gasteiger partial charge in [-0.25, -0.2) is 0 Å². The van der Waals surface area contributed by atoms with Crippen molar-refractivity contribution in [3.63, 3.8) is 0 Å². The van der Waals surface area contributed by atoms with Gasteiger partial charge in [0, 0.05) is 12.6 Å². The summed E-state index contributed by atoms with van der Waals surface area (Å²) in [6, 6.07) is 0.911. The van der Waals surface area contributed by atoms with Crippen LogP contribution in [0.25, 0.3) is 0 Å². The van der Waals surface area contributed by atoms with Gasteiger partial charge in [0.1, 0.15) is 0 Å². The second-order valence-corrected chi connectivity index (χ2v) is 5.21. The Labute approximate surface area is 77.1 Å². The molecular weight excluding hydrogens is 146 g/mol. The first-order chi connectivity index (χ1) is 5.53. The quantitative estimate of drug-likeness (QED) is 0.628. The Kier molecular flexibility index (Phi) is 3.16. The molecular formula is C11H23N. The Morgan fingerprint density at radius 3 is 2.08 bits per heavy atom. The second-order valence-electron chi connectivity index (χ2n) is 5.21. The molecule has 0 atom stereocenters. The van der Waals surface area contributed by atoms with E-state index < -0.39 is 0 Å². The monoisotopic (exact) mass is 169 g/mol. The van der Waals surface area contributed by atoms with Crippen molar-refractivity contribution in [1.82, 2.24) is 4.90 Å². The molecule has 0 amide bonds. The average Bonchev–Trinajstić information content (AvgIpc) is 1.79. The van der Waals surface area contributed by atoms with E-state index >= 15 is 0 Å². The molecule has 0 aromatic heterocycles. The van der Waals surface area contributed by atoms with E-state index in [0.717, 1.165) is 6.04 Å². The van der Waals surface area contributed by atoms with Crippen LogP contribution in [0.2, 0.25) is 0 Å². The van der Waals surface area contributed by atoms with Crippen LogP contribution in [0.1, 0.15) is 47.0 Å². The van der Waals surface area contributed by atoms with Crippen LogP contribution in [-0.2, 0) is 0 Å². The van der Waals surface area contributed by atoms with Crippen molar-refractivity contribution >= 4 is 0 Å². The first-order valence-corrected chi connectivity index (χ1v) is 5.27. The van der Waals surface area contributed by atoms with Gasteiger partial charge in [0.2, 0.25) is 0 Å². The molecule has 0 saturated heterocycles. The Bertz CT molecular complexity index is 130. The van der Waals surface area contributed by atoms with Gasteiger partial charge in [-0.15, -0.1) is 0 Å². The zero-order valence-corrected chi connectivity index (χ0v) is 9.06. The van der Waals surface area contributed by atoms with E-state index in [2.05, 4.69) is 32.6 Å². The fourth-order valence-corrected chi connectivity index (χ4v) is 1.86. The molecule has 1 nitrogen and oxygen atoms in total. The van der Waals surface area contributed by atoms with Gasteiger partial charge in [-0.2, -0.15) is 0 Å². The highest BCUT2D eigenvalue weighted by molar-refractivity contribution is 4.81. The average molecular weight is 169 g/mol. The minimum Gasteiger partial charge on any atom is -0.300 e. The van der Waals surface area contributed by atoms with Crippen molar-refractivity contribution in [2.75, 3.05) is 13.1 Å². The summed E-state index contributed by atoms with van der Waals surface area (Å²) in [6.45, 7) is 11.7. The smallest absolute Gasteiger partial charge is 0.00953 e. The van der Waals surface area contributed by atoms with Crippen molar-refractivity contribution in [3.8, 4) is 0 Å². The molecule has 0 aliphatic heterocycles. The fraction of sp³-hybridized carbons (Fsp3) is 1.00. The predicted molar refractivity (Wildman–Crippen MR) is 54.3 cm³/mol. The Balaban J connectivity index is 2.34. The van der Waals surface area contributed by atoms with Crippen molar-refractivity contribution < 1.29 is 0 Å². The van der Waals surface area contributed by atoms with Gasteiger partial charge in [0.05, 0.1) is 0 Å². The van der Waals surface area contributed by atoms with Crippen molar-refractivity contribution in [2.24, 2.45) is 5.41 Å². The molecule has 1 saturated carbocycles. The van der Waals surface area contributed by atoms with Crippen molar-refractivity contribution in [1.29, 1.82) is 0 Å². The van der Waals surface area contributed by atoms with Gasteiger partial charge in [-0.05, 0) is 24.8 Å². The molecule has 0 unspecified atom stereocenters. The third-order valence-electron chi connectivity index (χ3n) is 2.67. The second kappa shape index (κ2) is 3.78. The fourth-order valence-electron chi connectivity index (χ4n) is 1.86. The lowest BCUT2D eigenvalue weighted by atomic mass is 9.88. The molecule has 1 fully saturated rings. The van der Waals surface area contributed by atoms with E-state index in [0.29, 0.717) is 5.41 Å². The van der Waals surface area contributed by atoms with Gasteiger partial charge in [-0.3, -0.25) is 0 Å². The highest BCUT2D eigenvalue weighted by Gasteiger charge is 2.26. The molecule has 0 aromatic carbocycles. The predicted octanol–water partition coefficient (Wildman–Crippen LogP) is 2.91. The van der Waals surface area contributed by atoms with Gasteiger partial charge in [0.15, 0.2) is 0 Å². The molecule has 0 N–H and O–H groups in total. The van der Waals surface area contributed by atoms with Gasteiger partial charge >= 0.3 is 0 Å². The Hall–Kier alpha value is -0.0400. The molecule has 0 radical (unpaired) electrons. The normalized spacial score (nSPS) is 19.8. The zero-order valence-electron chi connectivity index (χ0n) is 9.06. The Morgan fingerprint density at radius 2 is 1.83 bits per heavy atom. The maximum Gasteiger partial charge on any atom is 0.00953 e. The van der Waals surface area contributed by atoms with Crippen molar-refractivity contribution in [2.45, 2.75) is 53.0 Å². The van der Waals surface area contributed by atoms with E-state index in [4.69, 9.17) is 0 Å². The van der Waals surface area contributed by atoms with Gasteiger partial charge in [0.25, 0.3) is 0 Å². The van der Waals surface area contributed by atoms with Gasteiger partial charge < -0.3 is 4.90 Å². The first kappa shape index (κ1) is 10.0. The van der Waals surface area contributed by atoms with Crippen LogP contribution in [0.3, 0.4) is 0 Å². The lowest BCUT2D eigenvalue weighted by Gasteiger charge is -2.40. The van der Waals surface area contributed by atoms with E-state index in [1.807, 2.05) is 0 Å². The molecule has 0 heterocycles. The van der Waals surface area contributed by atoms with Crippen LogP contribution in [0.5, 0.6) is 0 Å². The van der Waals surface area contributed by atoms with Crippen LogP contribution < -0.4 is 0 Å². The zero-order chi connectivity index (χ0) is 9.19. The molecule has 12 heavy (non-hydrogen) atoms. The summed E-state index contributed by atoms with van der Waals surface area (Å²) in [6.07, 6.45) is 4.32. The molecule has 1 aliphatic carbocycles. The molecule has 0 aromatic rings. The molecule has 1 heteroatoms. The van der Waals surface area contributed by atoms with Crippen LogP contribution >= 0.6 is 0 Å². The van der Waals surface area contributed by atoms with Crippen molar-refractivity contribution in [3.05, 3.63) is 0 Å². The lowest BCUT2D eigenvalue weighted by Crippen LogP contribution is -2.44. The summed E-state index contributed by atoms with van der Waals surface area (Å²) in [5, 5.41) is 0. The largest absolute Gasteiger partial charge is 0.300 e. The molecule has 0 bridgehead atoms. The lowest BCUT2D eigenvalue weighted by molar-refractivity contribution is 0.0941. The minimum absolute atomic E-state index is 0.464. The third kappa shape index (κ3) is 2.78. The standard InChI is InChI=1S/C11H23N/c1-5-12(9-11(2,3)4)10-7-6-8-10/h10H,5-9H2,1-4H3. The van der Waals surface area contributed by atoms with E-state index in [-0.39, 0.29) is 0 Å². The summed E-state index contributed by atoms with van der Waals surface area (Å²) >= 11 is 0. The number of nitrogens with zero attached hydrogens (tertiary/aromatic N) is 1.